The smallest absolute Gasteiger partial charge is 0.271 e. The monoisotopic (exact) mass is 301 g/mol. The fourth-order valence-corrected chi connectivity index (χ4v) is 2.14. The Morgan fingerprint density at radius 3 is 2.41 bits per heavy atom. The zero-order chi connectivity index (χ0) is 16.1. The van der Waals surface area contributed by atoms with E-state index >= 15 is 0 Å². The molecule has 1 fully saturated rings. The second kappa shape index (κ2) is 7.20. The molecule has 2 amide bonds. The largest absolute Gasteiger partial charge is 0.326 e. The lowest BCUT2D eigenvalue weighted by Gasteiger charge is -2.06. The molecule has 2 N–H and O–H groups in total. The molecule has 0 atom stereocenters. The zero-order valence-corrected chi connectivity index (χ0v) is 13.3. The number of amides is 2. The zero-order valence-electron chi connectivity index (χ0n) is 13.3. The van der Waals surface area contributed by atoms with Gasteiger partial charge in [0.25, 0.3) is 5.91 Å². The Morgan fingerprint density at radius 2 is 1.86 bits per heavy atom. The minimum atomic E-state index is -0.247. The van der Waals surface area contributed by atoms with Gasteiger partial charge in [0, 0.05) is 22.9 Å². The average Bonchev–Trinajstić information content (AvgIpc) is 3.29. The number of rotatable bonds is 6. The molecule has 1 aliphatic carbocycles. The second-order valence-corrected chi connectivity index (χ2v) is 6.23. The van der Waals surface area contributed by atoms with E-state index in [0.29, 0.717) is 17.2 Å². The van der Waals surface area contributed by atoms with Gasteiger partial charge in [-0.05, 0) is 56.4 Å². The van der Waals surface area contributed by atoms with E-state index in [2.05, 4.69) is 29.7 Å². The summed E-state index contributed by atoms with van der Waals surface area (Å²) in [5, 5.41) is 6.93. The van der Waals surface area contributed by atoms with E-state index in [1.807, 2.05) is 6.92 Å². The Labute approximate surface area is 131 Å². The van der Waals surface area contributed by atoms with Crippen LogP contribution in [0.15, 0.2) is 29.4 Å². The average molecular weight is 301 g/mol. The van der Waals surface area contributed by atoms with Gasteiger partial charge >= 0.3 is 0 Å². The summed E-state index contributed by atoms with van der Waals surface area (Å²) in [6.07, 6.45) is 2.80. The summed E-state index contributed by atoms with van der Waals surface area (Å²) >= 11 is 0. The van der Waals surface area contributed by atoms with Crippen molar-refractivity contribution in [2.24, 2.45) is 16.9 Å². The van der Waals surface area contributed by atoms with Crippen molar-refractivity contribution in [3.63, 3.8) is 0 Å². The number of benzene rings is 1. The van der Waals surface area contributed by atoms with Crippen LogP contribution in [0.3, 0.4) is 0 Å². The fraction of sp³-hybridized carbons (Fsp3) is 0.471. The van der Waals surface area contributed by atoms with Crippen LogP contribution in [-0.2, 0) is 4.79 Å². The molecule has 0 unspecified atom stereocenters. The minimum Gasteiger partial charge on any atom is -0.326 e. The van der Waals surface area contributed by atoms with Gasteiger partial charge in [0.2, 0.25) is 5.91 Å². The number of hydrazone groups is 1. The van der Waals surface area contributed by atoms with E-state index in [0.717, 1.165) is 25.0 Å². The quantitative estimate of drug-likeness (QED) is 0.626. The third-order valence-electron chi connectivity index (χ3n) is 3.41. The number of carbonyl (C=O) groups is 2. The van der Waals surface area contributed by atoms with Crippen LogP contribution < -0.4 is 10.7 Å². The summed E-state index contributed by atoms with van der Waals surface area (Å²) < 4.78 is 0. The fourth-order valence-electron chi connectivity index (χ4n) is 2.14. The van der Waals surface area contributed by atoms with Crippen molar-refractivity contribution in [1.29, 1.82) is 0 Å². The predicted octanol–water partition coefficient (Wildman–Crippen LogP) is 3.19. The first-order valence-electron chi connectivity index (χ1n) is 7.70. The Kier molecular flexibility index (Phi) is 5.31. The Bertz CT molecular complexity index is 572. The van der Waals surface area contributed by atoms with Crippen molar-refractivity contribution in [1.82, 2.24) is 5.43 Å². The van der Waals surface area contributed by atoms with E-state index in [1.165, 1.54) is 0 Å². The van der Waals surface area contributed by atoms with Gasteiger partial charge < -0.3 is 5.32 Å². The third-order valence-corrected chi connectivity index (χ3v) is 3.41. The molecule has 0 heterocycles. The number of hydrogen-bond acceptors (Lipinski definition) is 3. The van der Waals surface area contributed by atoms with Crippen LogP contribution in [0.4, 0.5) is 5.69 Å². The summed E-state index contributed by atoms with van der Waals surface area (Å²) in [5.41, 5.74) is 4.69. The molecule has 1 saturated carbocycles. The predicted molar refractivity (Wildman–Crippen MR) is 87.8 cm³/mol. The van der Waals surface area contributed by atoms with Gasteiger partial charge in [0.05, 0.1) is 0 Å². The summed E-state index contributed by atoms with van der Waals surface area (Å²) in [6, 6.07) is 6.84. The van der Waals surface area contributed by atoms with Crippen LogP contribution in [0.5, 0.6) is 0 Å². The molecule has 0 saturated heterocycles. The Balaban J connectivity index is 1.89. The molecule has 0 spiro atoms. The maximum atomic E-state index is 12.0. The highest BCUT2D eigenvalue weighted by molar-refractivity contribution is 5.97. The number of hydrogen-bond donors (Lipinski definition) is 2. The van der Waals surface area contributed by atoms with Gasteiger partial charge in [-0.3, -0.25) is 9.59 Å². The maximum absolute atomic E-state index is 12.0. The number of anilines is 1. The van der Waals surface area contributed by atoms with E-state index in [-0.39, 0.29) is 17.7 Å². The molecular weight excluding hydrogens is 278 g/mol. The molecule has 1 aliphatic rings. The van der Waals surface area contributed by atoms with Crippen LogP contribution in [0.2, 0.25) is 0 Å². The van der Waals surface area contributed by atoms with Crippen LogP contribution in [-0.4, -0.2) is 17.5 Å². The molecule has 0 aliphatic heterocycles. The highest BCUT2D eigenvalue weighted by Gasteiger charge is 2.29. The van der Waals surface area contributed by atoms with Crippen LogP contribution in [0.1, 0.15) is 50.4 Å². The van der Waals surface area contributed by atoms with Gasteiger partial charge in [-0.1, -0.05) is 13.8 Å². The molecule has 2 rings (SSSR count). The van der Waals surface area contributed by atoms with Crippen molar-refractivity contribution >= 4 is 23.2 Å². The van der Waals surface area contributed by atoms with Gasteiger partial charge in [0.15, 0.2) is 0 Å². The first-order valence-corrected chi connectivity index (χ1v) is 7.70. The van der Waals surface area contributed by atoms with E-state index in [1.54, 1.807) is 24.3 Å². The lowest BCUT2D eigenvalue weighted by Crippen LogP contribution is -2.19. The molecule has 5 nitrogen and oxygen atoms in total. The second-order valence-electron chi connectivity index (χ2n) is 6.23. The number of carbonyl (C=O) groups excluding carboxylic acids is 2. The summed E-state index contributed by atoms with van der Waals surface area (Å²) in [7, 11) is 0. The highest BCUT2D eigenvalue weighted by Crippen LogP contribution is 2.30. The summed E-state index contributed by atoms with van der Waals surface area (Å²) in [5.74, 6) is 0.491. The van der Waals surface area contributed by atoms with Crippen LogP contribution in [0.25, 0.3) is 0 Å². The van der Waals surface area contributed by atoms with Crippen molar-refractivity contribution in [3.8, 4) is 0 Å². The molecule has 22 heavy (non-hydrogen) atoms. The number of nitrogens with zero attached hydrogens (tertiary/aromatic N) is 1. The van der Waals surface area contributed by atoms with Gasteiger partial charge in [-0.2, -0.15) is 5.10 Å². The highest BCUT2D eigenvalue weighted by atomic mass is 16.2. The molecule has 1 aromatic rings. The SMILES string of the molecule is CC(CC(C)C)=NNC(=O)c1ccc(NC(=O)C2CC2)cc1. The maximum Gasteiger partial charge on any atom is 0.271 e. The molecular formula is C17H23N3O2. The van der Waals surface area contributed by atoms with E-state index < -0.39 is 0 Å². The van der Waals surface area contributed by atoms with E-state index in [4.69, 9.17) is 0 Å². The van der Waals surface area contributed by atoms with Crippen LogP contribution in [0, 0.1) is 11.8 Å². The minimum absolute atomic E-state index is 0.0612. The van der Waals surface area contributed by atoms with E-state index in [9.17, 15) is 9.59 Å². The van der Waals surface area contributed by atoms with Crippen LogP contribution >= 0.6 is 0 Å². The van der Waals surface area contributed by atoms with Crippen molar-refractivity contribution < 1.29 is 9.59 Å². The number of nitrogens with one attached hydrogen (secondary N) is 2. The molecule has 0 radical (unpaired) electrons. The van der Waals surface area contributed by atoms with Crippen molar-refractivity contribution in [3.05, 3.63) is 29.8 Å². The lowest BCUT2D eigenvalue weighted by molar-refractivity contribution is -0.117. The van der Waals surface area contributed by atoms with Crippen molar-refractivity contribution in [2.75, 3.05) is 5.32 Å². The molecule has 0 aromatic heterocycles. The standard InChI is InChI=1S/C17H23N3O2/c1-11(2)10-12(3)19-20-17(22)14-6-8-15(9-7-14)18-16(21)13-4-5-13/h6-9,11,13H,4-5,10H2,1-3H3,(H,18,21)(H,20,22). The Morgan fingerprint density at radius 1 is 1.23 bits per heavy atom. The molecule has 1 aromatic carbocycles. The molecule has 0 bridgehead atoms. The van der Waals surface area contributed by atoms with Gasteiger partial charge in [-0.25, -0.2) is 5.43 Å². The van der Waals surface area contributed by atoms with Crippen molar-refractivity contribution in [2.45, 2.75) is 40.0 Å². The summed E-state index contributed by atoms with van der Waals surface area (Å²) in [6.45, 7) is 6.11. The molecule has 5 heteroatoms. The third kappa shape index (κ3) is 4.98. The van der Waals surface area contributed by atoms with Gasteiger partial charge in [-0.15, -0.1) is 0 Å². The van der Waals surface area contributed by atoms with Gasteiger partial charge in [0.1, 0.15) is 0 Å². The Hall–Kier alpha value is -2.17. The first-order chi connectivity index (χ1) is 10.5. The first kappa shape index (κ1) is 16.2. The summed E-state index contributed by atoms with van der Waals surface area (Å²) in [4.78, 5) is 23.6. The molecule has 118 valence electrons. The lowest BCUT2D eigenvalue weighted by atomic mass is 10.1. The topological polar surface area (TPSA) is 70.6 Å². The normalized spacial score (nSPS) is 14.8.